The Kier molecular flexibility index (Phi) is 9.17. The van der Waals surface area contributed by atoms with E-state index in [9.17, 15) is 28.8 Å². The maximum absolute atomic E-state index is 14.0. The van der Waals surface area contributed by atoms with Gasteiger partial charge in [0.05, 0.1) is 34.6 Å². The summed E-state index contributed by atoms with van der Waals surface area (Å²) in [5.74, 6) is -1.08. The molecule has 18 heteroatoms. The number of nitrogens with zero attached hydrogens (tertiary/aromatic N) is 9. The molecule has 0 bridgehead atoms. The summed E-state index contributed by atoms with van der Waals surface area (Å²) in [7, 11) is 1.80. The number of primary amides is 1. The van der Waals surface area contributed by atoms with E-state index in [-0.39, 0.29) is 47.3 Å². The molecule has 2 atom stereocenters. The number of fused-ring (bicyclic) bond motifs is 1. The summed E-state index contributed by atoms with van der Waals surface area (Å²) in [5.41, 5.74) is 7.43. The van der Waals surface area contributed by atoms with Crippen LogP contribution in [0, 0.1) is 11.3 Å². The van der Waals surface area contributed by atoms with Gasteiger partial charge in [-0.05, 0) is 62.6 Å². The average Bonchev–Trinajstić information content (AvgIpc) is 3.84. The molecule has 0 saturated carbocycles. The minimum atomic E-state index is -0.985. The van der Waals surface area contributed by atoms with E-state index in [1.165, 1.54) is 0 Å². The van der Waals surface area contributed by atoms with Crippen molar-refractivity contribution in [2.24, 2.45) is 24.1 Å². The van der Waals surface area contributed by atoms with E-state index in [1.54, 1.807) is 42.5 Å². The molecule has 1 unspecified atom stereocenters. The molecule has 0 aliphatic carbocycles. The van der Waals surface area contributed by atoms with Gasteiger partial charge in [-0.25, -0.2) is 9.97 Å². The number of piperidine rings is 3. The number of hydrogen-bond acceptors (Lipinski definition) is 13. The van der Waals surface area contributed by atoms with Crippen molar-refractivity contribution in [3.8, 4) is 0 Å². The van der Waals surface area contributed by atoms with Gasteiger partial charge in [0.1, 0.15) is 11.9 Å². The Hall–Kier alpha value is -5.91. The molecular formula is C39H46N12O6. The standard InChI is InChI=1S/C39H46N12O6/c1-46-19-24(16-42-46)43-34-32(33(40)53)41-17-30(44-34)49-11-2-3-26(20-49)50-14-10-39(38(50)57)21-47(22-39)18-23-8-12-48(13-9-23)25-4-5-27-28(15-25)37(56)51(36(27)55)29-6-7-31(52)45-35(29)54/h4-5,15-17,19,23,26,29H,2-3,6-14,18,20-22H2,1H3,(H2,40,53)(H,43,44)(H,45,52,54)/t26-,29?/m1/s1. The fourth-order valence-corrected chi connectivity index (χ4v) is 9.66. The van der Waals surface area contributed by atoms with Crippen molar-refractivity contribution < 1.29 is 28.8 Å². The van der Waals surface area contributed by atoms with Gasteiger partial charge in [0.2, 0.25) is 17.7 Å². The first-order chi connectivity index (χ1) is 27.5. The van der Waals surface area contributed by atoms with Gasteiger partial charge in [0.15, 0.2) is 11.5 Å². The van der Waals surface area contributed by atoms with Gasteiger partial charge in [-0.2, -0.15) is 5.10 Å². The Labute approximate surface area is 328 Å². The lowest BCUT2D eigenvalue weighted by Gasteiger charge is -2.49. The number of benzene rings is 1. The highest BCUT2D eigenvalue weighted by Crippen LogP contribution is 2.43. The van der Waals surface area contributed by atoms with Crippen molar-refractivity contribution in [3.05, 3.63) is 53.6 Å². The highest BCUT2D eigenvalue weighted by atomic mass is 16.2. The number of likely N-dealkylation sites (tertiary alicyclic amines) is 2. The number of carbonyl (C=O) groups is 6. The van der Waals surface area contributed by atoms with Crippen LogP contribution in [0.5, 0.6) is 0 Å². The number of nitrogens with one attached hydrogen (secondary N) is 2. The number of rotatable bonds is 9. The molecule has 0 radical (unpaired) electrons. The van der Waals surface area contributed by atoms with Gasteiger partial charge in [-0.15, -0.1) is 0 Å². The molecule has 57 heavy (non-hydrogen) atoms. The molecule has 5 saturated heterocycles. The predicted octanol–water partition coefficient (Wildman–Crippen LogP) is 0.874. The quantitative estimate of drug-likeness (QED) is 0.258. The molecule has 5 fully saturated rings. The molecule has 6 aliphatic heterocycles. The van der Waals surface area contributed by atoms with Gasteiger partial charge in [-0.1, -0.05) is 0 Å². The van der Waals surface area contributed by atoms with E-state index in [1.807, 2.05) is 6.07 Å². The van der Waals surface area contributed by atoms with E-state index in [0.29, 0.717) is 29.5 Å². The Morgan fingerprint density at radius 1 is 0.965 bits per heavy atom. The van der Waals surface area contributed by atoms with Crippen LogP contribution in [-0.4, -0.2) is 134 Å². The third-order valence-electron chi connectivity index (χ3n) is 12.6. The summed E-state index contributed by atoms with van der Waals surface area (Å²) >= 11 is 0. The fraction of sp³-hybridized carbons (Fsp3) is 0.513. The van der Waals surface area contributed by atoms with Crippen LogP contribution < -0.4 is 26.2 Å². The van der Waals surface area contributed by atoms with Crippen LogP contribution in [0.2, 0.25) is 0 Å². The summed E-state index contributed by atoms with van der Waals surface area (Å²) in [5, 5.41) is 9.53. The molecule has 1 spiro atoms. The molecule has 3 aromatic rings. The lowest BCUT2D eigenvalue weighted by molar-refractivity contribution is -0.147. The summed E-state index contributed by atoms with van der Waals surface area (Å²) in [6, 6.07) is 4.37. The molecule has 18 nitrogen and oxygen atoms in total. The number of nitrogens with two attached hydrogens (primary N) is 1. The van der Waals surface area contributed by atoms with E-state index in [0.717, 1.165) is 88.5 Å². The van der Waals surface area contributed by atoms with Crippen molar-refractivity contribution in [2.75, 3.05) is 67.5 Å². The van der Waals surface area contributed by atoms with E-state index in [4.69, 9.17) is 10.7 Å². The third-order valence-corrected chi connectivity index (χ3v) is 12.6. The smallest absolute Gasteiger partial charge is 0.271 e. The first-order valence-electron chi connectivity index (χ1n) is 19.8. The Balaban J connectivity index is 0.770. The van der Waals surface area contributed by atoms with Crippen molar-refractivity contribution in [1.82, 2.24) is 39.8 Å². The van der Waals surface area contributed by atoms with Crippen molar-refractivity contribution >= 4 is 58.5 Å². The zero-order valence-electron chi connectivity index (χ0n) is 31.9. The third kappa shape index (κ3) is 6.64. The maximum Gasteiger partial charge on any atom is 0.271 e. The molecule has 8 heterocycles. The second-order valence-electron chi connectivity index (χ2n) is 16.4. The maximum atomic E-state index is 14.0. The number of amides is 6. The minimum absolute atomic E-state index is 0.0463. The minimum Gasteiger partial charge on any atom is -0.371 e. The Morgan fingerprint density at radius 2 is 1.75 bits per heavy atom. The molecular weight excluding hydrogens is 733 g/mol. The lowest BCUT2D eigenvalue weighted by atomic mass is 9.77. The van der Waals surface area contributed by atoms with Crippen molar-refractivity contribution in [1.29, 1.82) is 0 Å². The highest BCUT2D eigenvalue weighted by Gasteiger charge is 2.56. The van der Waals surface area contributed by atoms with Crippen LogP contribution in [0.1, 0.15) is 76.2 Å². The number of aryl methyl sites for hydroxylation is 1. The Morgan fingerprint density at radius 3 is 2.49 bits per heavy atom. The molecule has 6 amide bonds. The molecule has 298 valence electrons. The van der Waals surface area contributed by atoms with Crippen LogP contribution in [-0.2, 0) is 21.4 Å². The van der Waals surface area contributed by atoms with Gasteiger partial charge < -0.3 is 30.7 Å². The fourth-order valence-electron chi connectivity index (χ4n) is 9.66. The number of carbonyl (C=O) groups excluding carboxylic acids is 6. The monoisotopic (exact) mass is 778 g/mol. The molecule has 9 rings (SSSR count). The van der Waals surface area contributed by atoms with Gasteiger partial charge in [-0.3, -0.25) is 43.7 Å². The molecule has 6 aliphatic rings. The topological polar surface area (TPSA) is 212 Å². The second-order valence-corrected chi connectivity index (χ2v) is 16.4. The highest BCUT2D eigenvalue weighted by molar-refractivity contribution is 6.23. The summed E-state index contributed by atoms with van der Waals surface area (Å²) < 4.78 is 1.64. The number of anilines is 4. The zero-order chi connectivity index (χ0) is 39.6. The number of imide groups is 2. The van der Waals surface area contributed by atoms with Gasteiger partial charge in [0, 0.05) is 83.8 Å². The first kappa shape index (κ1) is 36.7. The van der Waals surface area contributed by atoms with Crippen LogP contribution in [0.4, 0.5) is 23.0 Å². The van der Waals surface area contributed by atoms with Gasteiger partial charge in [0.25, 0.3) is 17.7 Å². The second kappa shape index (κ2) is 14.2. The molecule has 4 N–H and O–H groups in total. The number of hydrogen-bond donors (Lipinski definition) is 3. The van der Waals surface area contributed by atoms with Crippen LogP contribution >= 0.6 is 0 Å². The average molecular weight is 779 g/mol. The normalized spacial score (nSPS) is 24.0. The lowest BCUT2D eigenvalue weighted by Crippen LogP contribution is -2.62. The van der Waals surface area contributed by atoms with E-state index >= 15 is 0 Å². The zero-order valence-corrected chi connectivity index (χ0v) is 31.9. The van der Waals surface area contributed by atoms with Crippen molar-refractivity contribution in [3.63, 3.8) is 0 Å². The largest absolute Gasteiger partial charge is 0.371 e. The number of aromatic nitrogens is 4. The predicted molar refractivity (Wildman–Crippen MR) is 206 cm³/mol. The SMILES string of the molecule is Cn1cc(Nc2nc(N3CCC[C@@H](N4CCC5(CN(CC6CCN(c7ccc8c(c7)C(=O)N(C7CCC(=O)NC7=O)C8=O)CC6)C5)C4=O)C3)cnc2C(N)=O)cn1. The van der Waals surface area contributed by atoms with Crippen molar-refractivity contribution in [2.45, 2.75) is 57.0 Å². The summed E-state index contributed by atoms with van der Waals surface area (Å²) in [4.78, 5) is 95.7. The Bertz CT molecular complexity index is 2170. The van der Waals surface area contributed by atoms with Gasteiger partial charge >= 0.3 is 0 Å². The van der Waals surface area contributed by atoms with E-state index in [2.05, 4.69) is 40.3 Å². The molecule has 2 aromatic heterocycles. The summed E-state index contributed by atoms with van der Waals surface area (Å²) in [6.07, 6.45) is 9.79. The van der Waals surface area contributed by atoms with Crippen LogP contribution in [0.25, 0.3) is 0 Å². The van der Waals surface area contributed by atoms with Crippen LogP contribution in [0.15, 0.2) is 36.8 Å². The summed E-state index contributed by atoms with van der Waals surface area (Å²) in [6.45, 7) is 6.23. The van der Waals surface area contributed by atoms with E-state index < -0.39 is 35.6 Å². The van der Waals surface area contributed by atoms with Crippen LogP contribution in [0.3, 0.4) is 0 Å². The molecule has 1 aromatic carbocycles. The first-order valence-corrected chi connectivity index (χ1v) is 19.8.